The minimum atomic E-state index is -4.56. The van der Waals surface area contributed by atoms with Gasteiger partial charge in [0.25, 0.3) is 5.91 Å². The van der Waals surface area contributed by atoms with Gasteiger partial charge in [0, 0.05) is 25.9 Å². The van der Waals surface area contributed by atoms with Gasteiger partial charge in [-0.2, -0.15) is 13.2 Å². The SMILES string of the molecule is CCC(COC)NC(=O)C(CC(C)C)Oc1ccc(C=NC)c(C(F)(F)F)c1. The van der Waals surface area contributed by atoms with Crippen LogP contribution in [0.1, 0.15) is 44.7 Å². The summed E-state index contributed by atoms with van der Waals surface area (Å²) >= 11 is 0. The topological polar surface area (TPSA) is 59.9 Å². The highest BCUT2D eigenvalue weighted by Gasteiger charge is 2.34. The van der Waals surface area contributed by atoms with Gasteiger partial charge in [-0.1, -0.05) is 20.8 Å². The number of ether oxygens (including phenoxy) is 2. The van der Waals surface area contributed by atoms with Crippen molar-refractivity contribution in [2.45, 2.75) is 51.9 Å². The first-order valence-electron chi connectivity index (χ1n) is 9.21. The van der Waals surface area contributed by atoms with Gasteiger partial charge in [-0.05, 0) is 37.0 Å². The Morgan fingerprint density at radius 2 is 2.00 bits per heavy atom. The van der Waals surface area contributed by atoms with Crippen LogP contribution in [0.15, 0.2) is 23.2 Å². The fourth-order valence-electron chi connectivity index (χ4n) is 2.66. The lowest BCUT2D eigenvalue weighted by molar-refractivity contribution is -0.137. The van der Waals surface area contributed by atoms with Crippen LogP contribution in [-0.2, 0) is 15.7 Å². The van der Waals surface area contributed by atoms with E-state index in [1.54, 1.807) is 0 Å². The Morgan fingerprint density at radius 3 is 2.50 bits per heavy atom. The predicted molar refractivity (Wildman–Crippen MR) is 103 cm³/mol. The first kappa shape index (κ1) is 23.9. The molecule has 1 aromatic rings. The Bertz CT molecular complexity index is 661. The van der Waals surface area contributed by atoms with Gasteiger partial charge in [-0.3, -0.25) is 9.79 Å². The molecule has 0 fully saturated rings. The van der Waals surface area contributed by atoms with Crippen molar-refractivity contribution in [3.63, 3.8) is 0 Å². The molecule has 0 saturated heterocycles. The molecule has 8 heteroatoms. The maximum Gasteiger partial charge on any atom is 0.417 e. The molecule has 0 aromatic heterocycles. The van der Waals surface area contributed by atoms with Gasteiger partial charge in [-0.25, -0.2) is 0 Å². The molecule has 2 atom stereocenters. The molecule has 0 saturated carbocycles. The highest BCUT2D eigenvalue weighted by atomic mass is 19.4. The number of aliphatic imine (C=N–C) groups is 1. The van der Waals surface area contributed by atoms with Crippen molar-refractivity contribution in [3.05, 3.63) is 29.3 Å². The van der Waals surface area contributed by atoms with E-state index in [-0.39, 0.29) is 29.2 Å². The highest BCUT2D eigenvalue weighted by Crippen LogP contribution is 2.34. The van der Waals surface area contributed by atoms with E-state index in [1.807, 2.05) is 20.8 Å². The van der Waals surface area contributed by atoms with Gasteiger partial charge in [0.1, 0.15) is 5.75 Å². The summed E-state index contributed by atoms with van der Waals surface area (Å²) in [6.07, 6.45) is -3.29. The average molecular weight is 402 g/mol. The van der Waals surface area contributed by atoms with Crippen LogP contribution in [-0.4, -0.2) is 45.0 Å². The third kappa shape index (κ3) is 7.50. The van der Waals surface area contributed by atoms with Gasteiger partial charge in [-0.15, -0.1) is 0 Å². The van der Waals surface area contributed by atoms with Crippen LogP contribution in [0.25, 0.3) is 0 Å². The molecule has 0 aliphatic heterocycles. The Morgan fingerprint density at radius 1 is 1.32 bits per heavy atom. The maximum absolute atomic E-state index is 13.4. The fraction of sp³-hybridized carbons (Fsp3) is 0.600. The van der Waals surface area contributed by atoms with Gasteiger partial charge < -0.3 is 14.8 Å². The second kappa shape index (κ2) is 11.0. The highest BCUT2D eigenvalue weighted by molar-refractivity contribution is 5.83. The molecule has 0 heterocycles. The molecule has 28 heavy (non-hydrogen) atoms. The number of carbonyl (C=O) groups excluding carboxylic acids is 1. The number of carbonyl (C=O) groups is 1. The van der Waals surface area contributed by atoms with E-state index in [9.17, 15) is 18.0 Å². The zero-order valence-electron chi connectivity index (χ0n) is 17.0. The fourth-order valence-corrected chi connectivity index (χ4v) is 2.66. The molecule has 5 nitrogen and oxygen atoms in total. The second-order valence-corrected chi connectivity index (χ2v) is 6.94. The van der Waals surface area contributed by atoms with Crippen LogP contribution in [0.5, 0.6) is 5.75 Å². The zero-order valence-corrected chi connectivity index (χ0v) is 17.0. The molecule has 0 radical (unpaired) electrons. The van der Waals surface area contributed by atoms with Crippen LogP contribution in [0.2, 0.25) is 0 Å². The number of rotatable bonds is 10. The Hall–Kier alpha value is -2.09. The standard InChI is InChI=1S/C20H29F3N2O3/c1-6-15(12-27-5)25-19(26)18(9-13(2)3)28-16-8-7-14(11-24-4)17(10-16)20(21,22)23/h7-8,10-11,13,15,18H,6,9,12H2,1-5H3,(H,25,26). The molecule has 0 aliphatic rings. The number of alkyl halides is 3. The molecule has 1 rings (SSSR count). The number of amides is 1. The molecule has 0 aliphatic carbocycles. The van der Waals surface area contributed by atoms with Crippen molar-refractivity contribution in [2.75, 3.05) is 20.8 Å². The van der Waals surface area contributed by atoms with E-state index in [2.05, 4.69) is 10.3 Å². The number of methoxy groups -OCH3 is 1. The lowest BCUT2D eigenvalue weighted by atomic mass is 10.0. The first-order chi connectivity index (χ1) is 13.1. The smallest absolute Gasteiger partial charge is 0.417 e. The van der Waals surface area contributed by atoms with Gasteiger partial charge in [0.05, 0.1) is 18.2 Å². The number of halogens is 3. The summed E-state index contributed by atoms with van der Waals surface area (Å²) in [6, 6.07) is 3.42. The van der Waals surface area contributed by atoms with Crippen molar-refractivity contribution in [1.29, 1.82) is 0 Å². The quantitative estimate of drug-likeness (QED) is 0.600. The van der Waals surface area contributed by atoms with Crippen molar-refractivity contribution in [1.82, 2.24) is 5.32 Å². The van der Waals surface area contributed by atoms with Crippen LogP contribution in [0.3, 0.4) is 0 Å². The summed E-state index contributed by atoms with van der Waals surface area (Å²) in [5.74, 6) is -0.265. The summed E-state index contributed by atoms with van der Waals surface area (Å²) in [4.78, 5) is 16.3. The van der Waals surface area contributed by atoms with E-state index < -0.39 is 17.8 Å². The van der Waals surface area contributed by atoms with Crippen LogP contribution < -0.4 is 10.1 Å². The Kier molecular flexibility index (Phi) is 9.45. The first-order valence-corrected chi connectivity index (χ1v) is 9.21. The van der Waals surface area contributed by atoms with Crippen LogP contribution in [0.4, 0.5) is 13.2 Å². The largest absolute Gasteiger partial charge is 0.481 e. The molecule has 1 aromatic carbocycles. The number of nitrogens with one attached hydrogen (secondary N) is 1. The maximum atomic E-state index is 13.4. The molecule has 0 bridgehead atoms. The van der Waals surface area contributed by atoms with Crippen molar-refractivity contribution < 1.29 is 27.4 Å². The minimum absolute atomic E-state index is 0.0128. The van der Waals surface area contributed by atoms with Crippen LogP contribution >= 0.6 is 0 Å². The molecule has 1 amide bonds. The molecule has 0 spiro atoms. The van der Waals surface area contributed by atoms with Crippen molar-refractivity contribution in [2.24, 2.45) is 10.9 Å². The molecule has 158 valence electrons. The summed E-state index contributed by atoms with van der Waals surface area (Å²) in [5, 5.41) is 2.84. The van der Waals surface area contributed by atoms with E-state index in [0.717, 1.165) is 12.3 Å². The van der Waals surface area contributed by atoms with Crippen LogP contribution in [0, 0.1) is 5.92 Å². The predicted octanol–water partition coefficient (Wildman–Crippen LogP) is 4.09. The van der Waals surface area contributed by atoms with E-state index in [1.165, 1.54) is 26.3 Å². The van der Waals surface area contributed by atoms with Crippen molar-refractivity contribution >= 4 is 12.1 Å². The summed E-state index contributed by atoms with van der Waals surface area (Å²) in [6.45, 7) is 6.09. The number of hydrogen-bond donors (Lipinski definition) is 1. The molecule has 2 unspecified atom stereocenters. The average Bonchev–Trinajstić information content (AvgIpc) is 2.60. The number of hydrogen-bond acceptors (Lipinski definition) is 4. The lowest BCUT2D eigenvalue weighted by Crippen LogP contribution is -2.45. The van der Waals surface area contributed by atoms with E-state index in [0.29, 0.717) is 19.4 Å². The number of nitrogens with zero attached hydrogens (tertiary/aromatic N) is 1. The monoisotopic (exact) mass is 402 g/mol. The molecular weight excluding hydrogens is 373 g/mol. The zero-order chi connectivity index (χ0) is 21.3. The van der Waals surface area contributed by atoms with Crippen molar-refractivity contribution in [3.8, 4) is 5.75 Å². The summed E-state index contributed by atoms with van der Waals surface area (Å²) in [7, 11) is 2.94. The number of benzene rings is 1. The lowest BCUT2D eigenvalue weighted by Gasteiger charge is -2.24. The van der Waals surface area contributed by atoms with E-state index in [4.69, 9.17) is 9.47 Å². The third-order valence-corrected chi connectivity index (χ3v) is 4.06. The van der Waals surface area contributed by atoms with Gasteiger partial charge >= 0.3 is 6.18 Å². The van der Waals surface area contributed by atoms with Gasteiger partial charge in [0.15, 0.2) is 6.10 Å². The minimum Gasteiger partial charge on any atom is -0.481 e. The molecule has 1 N–H and O–H groups in total. The normalized spacial score (nSPS) is 14.3. The van der Waals surface area contributed by atoms with E-state index >= 15 is 0 Å². The Labute approximate surface area is 164 Å². The summed E-state index contributed by atoms with van der Waals surface area (Å²) in [5.41, 5.74) is -0.913. The van der Waals surface area contributed by atoms with Gasteiger partial charge in [0.2, 0.25) is 0 Å². The molecular formula is C20H29F3N2O3. The Balaban J connectivity index is 3.10. The summed E-state index contributed by atoms with van der Waals surface area (Å²) < 4.78 is 50.8. The third-order valence-electron chi connectivity index (χ3n) is 4.06. The second-order valence-electron chi connectivity index (χ2n) is 6.94.